The summed E-state index contributed by atoms with van der Waals surface area (Å²) in [5, 5.41) is 2.53. The first-order valence-electron chi connectivity index (χ1n) is 5.86. The molecule has 1 rings (SSSR count). The molecule has 3 amide bonds. The molecule has 1 aliphatic heterocycles. The molecule has 0 aromatic carbocycles. The van der Waals surface area contributed by atoms with E-state index in [0.717, 1.165) is 4.90 Å². The van der Waals surface area contributed by atoms with E-state index in [1.165, 1.54) is 19.1 Å². The summed E-state index contributed by atoms with van der Waals surface area (Å²) in [6.45, 7) is 6.91. The Labute approximate surface area is 111 Å². The van der Waals surface area contributed by atoms with E-state index in [9.17, 15) is 14.4 Å². The van der Waals surface area contributed by atoms with Crippen molar-refractivity contribution in [1.29, 1.82) is 0 Å². The van der Waals surface area contributed by atoms with Crippen LogP contribution in [0, 0.1) is 0 Å². The van der Waals surface area contributed by atoms with Crippen molar-refractivity contribution in [2.24, 2.45) is 5.73 Å². The van der Waals surface area contributed by atoms with E-state index in [-0.39, 0.29) is 23.4 Å². The van der Waals surface area contributed by atoms with E-state index >= 15 is 0 Å². The highest BCUT2D eigenvalue weighted by Gasteiger charge is 2.40. The van der Waals surface area contributed by atoms with Crippen molar-refractivity contribution >= 4 is 17.7 Å². The molecule has 3 N–H and O–H groups in total. The van der Waals surface area contributed by atoms with Gasteiger partial charge in [0.2, 0.25) is 5.91 Å². The minimum atomic E-state index is -0.552. The largest absolute Gasteiger partial charge is 0.402 e. The van der Waals surface area contributed by atoms with Gasteiger partial charge in [-0.05, 0) is 19.9 Å². The number of hydrogen-bond acceptors (Lipinski definition) is 4. The van der Waals surface area contributed by atoms with Crippen molar-refractivity contribution in [1.82, 2.24) is 10.2 Å². The lowest BCUT2D eigenvalue weighted by atomic mass is 10.1. The van der Waals surface area contributed by atoms with Gasteiger partial charge in [0.05, 0.1) is 11.1 Å². The minimum Gasteiger partial charge on any atom is -0.402 e. The topological polar surface area (TPSA) is 92.5 Å². The van der Waals surface area contributed by atoms with Gasteiger partial charge >= 0.3 is 0 Å². The van der Waals surface area contributed by atoms with Crippen molar-refractivity contribution in [2.45, 2.75) is 13.8 Å². The Morgan fingerprint density at radius 1 is 1.42 bits per heavy atom. The van der Waals surface area contributed by atoms with Crippen molar-refractivity contribution in [3.63, 3.8) is 0 Å². The van der Waals surface area contributed by atoms with E-state index < -0.39 is 17.7 Å². The van der Waals surface area contributed by atoms with Crippen molar-refractivity contribution < 1.29 is 14.4 Å². The number of hydrogen-bond donors (Lipinski definition) is 2. The van der Waals surface area contributed by atoms with Gasteiger partial charge < -0.3 is 11.1 Å². The predicted molar refractivity (Wildman–Crippen MR) is 70.6 cm³/mol. The molecule has 0 atom stereocenters. The van der Waals surface area contributed by atoms with E-state index in [4.69, 9.17) is 5.73 Å². The van der Waals surface area contributed by atoms with E-state index in [2.05, 4.69) is 11.9 Å². The highest BCUT2D eigenvalue weighted by molar-refractivity contribution is 6.25. The first-order chi connectivity index (χ1) is 8.93. The summed E-state index contributed by atoms with van der Waals surface area (Å²) >= 11 is 0. The average molecular weight is 263 g/mol. The second-order valence-corrected chi connectivity index (χ2v) is 4.02. The van der Waals surface area contributed by atoms with E-state index in [0.29, 0.717) is 6.54 Å². The lowest BCUT2D eigenvalue weighted by molar-refractivity contribution is -0.140. The molecule has 6 nitrogen and oxygen atoms in total. The molecule has 1 heterocycles. The molecular weight excluding hydrogens is 246 g/mol. The third-order valence-electron chi connectivity index (χ3n) is 2.56. The number of nitrogens with one attached hydrogen (secondary N) is 1. The number of likely N-dealkylation sites (N-methyl/N-ethyl adjacent to an activating group) is 1. The summed E-state index contributed by atoms with van der Waals surface area (Å²) < 4.78 is 0. The SMILES string of the molecule is C=C/C=C1/C(=O)N(CC(=O)NCC)C(=O)/C1=C(/C)N. The summed E-state index contributed by atoms with van der Waals surface area (Å²) in [5.41, 5.74) is 6.17. The smallest absolute Gasteiger partial charge is 0.263 e. The number of amides is 3. The van der Waals surface area contributed by atoms with Crippen LogP contribution in [0.1, 0.15) is 13.8 Å². The van der Waals surface area contributed by atoms with E-state index in [1.807, 2.05) is 0 Å². The van der Waals surface area contributed by atoms with Crippen LogP contribution in [0.5, 0.6) is 0 Å². The summed E-state index contributed by atoms with van der Waals surface area (Å²) in [5.74, 6) is -1.47. The average Bonchev–Trinajstić information content (AvgIpc) is 2.55. The lowest BCUT2D eigenvalue weighted by Gasteiger charge is -2.12. The van der Waals surface area contributed by atoms with Gasteiger partial charge in [-0.1, -0.05) is 12.7 Å². The van der Waals surface area contributed by atoms with Crippen LogP contribution < -0.4 is 11.1 Å². The fraction of sp³-hybridized carbons (Fsp3) is 0.308. The van der Waals surface area contributed by atoms with Crippen LogP contribution in [0.4, 0.5) is 0 Å². The molecule has 0 unspecified atom stereocenters. The molecule has 0 spiro atoms. The van der Waals surface area contributed by atoms with Crippen LogP contribution in [-0.2, 0) is 14.4 Å². The molecule has 1 saturated heterocycles. The summed E-state index contributed by atoms with van der Waals surface area (Å²) in [4.78, 5) is 36.5. The Hall–Kier alpha value is -2.37. The molecule has 1 aliphatic rings. The summed E-state index contributed by atoms with van der Waals surface area (Å²) in [6.07, 6.45) is 2.82. The van der Waals surface area contributed by atoms with Gasteiger partial charge in [0.1, 0.15) is 6.54 Å². The first-order valence-corrected chi connectivity index (χ1v) is 5.86. The number of allylic oxidation sites excluding steroid dienone is 3. The zero-order valence-electron chi connectivity index (χ0n) is 11.0. The minimum absolute atomic E-state index is 0.134. The Morgan fingerprint density at radius 3 is 2.53 bits per heavy atom. The lowest BCUT2D eigenvalue weighted by Crippen LogP contribution is -2.40. The number of imide groups is 1. The van der Waals surface area contributed by atoms with Gasteiger partial charge in [-0.3, -0.25) is 19.3 Å². The monoisotopic (exact) mass is 263 g/mol. The van der Waals surface area contributed by atoms with Crippen LogP contribution in [0.25, 0.3) is 0 Å². The van der Waals surface area contributed by atoms with Crippen LogP contribution in [0.15, 0.2) is 35.6 Å². The van der Waals surface area contributed by atoms with Crippen LogP contribution in [0.3, 0.4) is 0 Å². The number of nitrogens with two attached hydrogens (primary N) is 1. The Morgan fingerprint density at radius 2 is 2.05 bits per heavy atom. The molecule has 0 aromatic rings. The van der Waals surface area contributed by atoms with Crippen molar-refractivity contribution in [2.75, 3.05) is 13.1 Å². The quantitative estimate of drug-likeness (QED) is 0.544. The molecule has 19 heavy (non-hydrogen) atoms. The van der Waals surface area contributed by atoms with Gasteiger partial charge in [-0.15, -0.1) is 0 Å². The highest BCUT2D eigenvalue weighted by atomic mass is 16.2. The number of likely N-dealkylation sites (tertiary alicyclic amines) is 1. The predicted octanol–water partition coefficient (Wildman–Crippen LogP) is -0.164. The molecule has 0 radical (unpaired) electrons. The third-order valence-corrected chi connectivity index (χ3v) is 2.56. The standard InChI is InChI=1S/C13H17N3O3/c1-4-6-9-11(8(3)14)13(19)16(12(9)18)7-10(17)15-5-2/h4,6H,1,5,7,14H2,2-3H3,(H,15,17)/b9-6+,11-8-. The Balaban J connectivity index is 3.11. The number of carbonyl (C=O) groups is 3. The normalized spacial score (nSPS) is 19.9. The van der Waals surface area contributed by atoms with Crippen molar-refractivity contribution in [3.05, 3.63) is 35.6 Å². The highest BCUT2D eigenvalue weighted by Crippen LogP contribution is 2.26. The fourth-order valence-electron chi connectivity index (χ4n) is 1.79. The molecule has 102 valence electrons. The van der Waals surface area contributed by atoms with Crippen LogP contribution >= 0.6 is 0 Å². The fourth-order valence-corrected chi connectivity index (χ4v) is 1.79. The molecular formula is C13H17N3O3. The van der Waals surface area contributed by atoms with Gasteiger partial charge in [0.25, 0.3) is 11.8 Å². The zero-order valence-corrected chi connectivity index (χ0v) is 11.0. The molecule has 0 saturated carbocycles. The second-order valence-electron chi connectivity index (χ2n) is 4.02. The Kier molecular flexibility index (Phi) is 4.63. The molecule has 1 fully saturated rings. The Bertz CT molecular complexity index is 499. The maximum atomic E-state index is 12.1. The molecule has 0 aliphatic carbocycles. The second kappa shape index (κ2) is 5.99. The van der Waals surface area contributed by atoms with Crippen molar-refractivity contribution in [3.8, 4) is 0 Å². The van der Waals surface area contributed by atoms with Crippen LogP contribution in [-0.4, -0.2) is 35.7 Å². The number of carbonyl (C=O) groups excluding carboxylic acids is 3. The number of rotatable bonds is 4. The summed E-state index contributed by atoms with van der Waals surface area (Å²) in [7, 11) is 0. The van der Waals surface area contributed by atoms with Gasteiger partial charge in [-0.2, -0.15) is 0 Å². The van der Waals surface area contributed by atoms with Crippen LogP contribution in [0.2, 0.25) is 0 Å². The van der Waals surface area contributed by atoms with E-state index in [1.54, 1.807) is 6.92 Å². The van der Waals surface area contributed by atoms with Gasteiger partial charge in [0, 0.05) is 12.2 Å². The first kappa shape index (κ1) is 14.7. The third kappa shape index (κ3) is 2.90. The molecule has 6 heteroatoms. The summed E-state index contributed by atoms with van der Waals surface area (Å²) in [6, 6.07) is 0. The van der Waals surface area contributed by atoms with Gasteiger partial charge in [-0.25, -0.2) is 0 Å². The molecule has 0 aromatic heterocycles. The van der Waals surface area contributed by atoms with Gasteiger partial charge in [0.15, 0.2) is 0 Å². The molecule has 0 bridgehead atoms. The maximum absolute atomic E-state index is 12.1. The maximum Gasteiger partial charge on any atom is 0.263 e. The zero-order chi connectivity index (χ0) is 14.6. The number of nitrogens with zero attached hydrogens (tertiary/aromatic N) is 1.